The molecule has 0 bridgehead atoms. The van der Waals surface area contributed by atoms with E-state index in [9.17, 15) is 0 Å². The van der Waals surface area contributed by atoms with E-state index in [1.54, 1.807) is 0 Å². The summed E-state index contributed by atoms with van der Waals surface area (Å²) < 4.78 is 5.40. The molecule has 1 aliphatic rings. The molecule has 1 heterocycles. The summed E-state index contributed by atoms with van der Waals surface area (Å²) in [6.45, 7) is 14.4. The molecule has 0 aromatic carbocycles. The van der Waals surface area contributed by atoms with Crippen LogP contribution in [-0.4, -0.2) is 68.3 Å². The van der Waals surface area contributed by atoms with Gasteiger partial charge >= 0.3 is 0 Å². The first-order valence-corrected chi connectivity index (χ1v) is 7.85. The zero-order valence-electron chi connectivity index (χ0n) is 13.4. The van der Waals surface area contributed by atoms with Gasteiger partial charge in [0.15, 0.2) is 0 Å². The maximum absolute atomic E-state index is 6.04. The van der Waals surface area contributed by atoms with Crippen LogP contribution in [0.3, 0.4) is 0 Å². The van der Waals surface area contributed by atoms with Crippen LogP contribution in [0.15, 0.2) is 11.9 Å². The minimum Gasteiger partial charge on any atom is -0.400 e. The Morgan fingerprint density at radius 3 is 2.55 bits per heavy atom. The van der Waals surface area contributed by atoms with Gasteiger partial charge in [0.1, 0.15) is 0 Å². The second-order valence-corrected chi connectivity index (χ2v) is 5.69. The first-order chi connectivity index (χ1) is 9.63. The van der Waals surface area contributed by atoms with Crippen molar-refractivity contribution in [3.8, 4) is 0 Å². The third-order valence-electron chi connectivity index (χ3n) is 3.57. The zero-order chi connectivity index (χ0) is 14.8. The normalized spacial score (nSPS) is 18.7. The van der Waals surface area contributed by atoms with Gasteiger partial charge in [-0.2, -0.15) is 0 Å². The summed E-state index contributed by atoms with van der Waals surface area (Å²) in [5.41, 5.74) is 6.94. The molecule has 118 valence electrons. The molecule has 20 heavy (non-hydrogen) atoms. The van der Waals surface area contributed by atoms with Gasteiger partial charge in [0.25, 0.3) is 0 Å². The van der Waals surface area contributed by atoms with Crippen LogP contribution >= 0.6 is 0 Å². The van der Waals surface area contributed by atoms with Crippen LogP contribution in [0.5, 0.6) is 0 Å². The van der Waals surface area contributed by atoms with E-state index in [0.717, 1.165) is 64.6 Å². The number of rotatable bonds is 9. The van der Waals surface area contributed by atoms with Crippen molar-refractivity contribution in [3.63, 3.8) is 0 Å². The largest absolute Gasteiger partial charge is 0.400 e. The smallest absolute Gasteiger partial charge is 0.0638 e. The Bertz CT molecular complexity index is 273. The maximum Gasteiger partial charge on any atom is 0.0638 e. The van der Waals surface area contributed by atoms with Crippen molar-refractivity contribution in [2.75, 3.05) is 52.5 Å². The van der Waals surface area contributed by atoms with Crippen LogP contribution < -0.4 is 11.1 Å². The second-order valence-electron chi connectivity index (χ2n) is 5.69. The maximum atomic E-state index is 6.04. The van der Waals surface area contributed by atoms with Crippen molar-refractivity contribution < 1.29 is 4.74 Å². The molecule has 0 spiro atoms. The van der Waals surface area contributed by atoms with Crippen molar-refractivity contribution in [1.82, 2.24) is 15.1 Å². The van der Waals surface area contributed by atoms with Crippen molar-refractivity contribution >= 4 is 0 Å². The highest BCUT2D eigenvalue weighted by Gasteiger charge is 2.18. The first-order valence-electron chi connectivity index (χ1n) is 7.85. The van der Waals surface area contributed by atoms with Gasteiger partial charge in [-0.25, -0.2) is 0 Å². The number of ether oxygens (including phenoxy) is 1. The van der Waals surface area contributed by atoms with Gasteiger partial charge in [-0.15, -0.1) is 0 Å². The minimum atomic E-state index is 0.648. The molecule has 1 fully saturated rings. The molecule has 0 unspecified atom stereocenters. The van der Waals surface area contributed by atoms with E-state index < -0.39 is 0 Å². The van der Waals surface area contributed by atoms with Crippen LogP contribution in [0, 0.1) is 0 Å². The Morgan fingerprint density at radius 2 is 1.95 bits per heavy atom. The van der Waals surface area contributed by atoms with Crippen LogP contribution in [-0.2, 0) is 4.74 Å². The Morgan fingerprint density at radius 1 is 1.25 bits per heavy atom. The van der Waals surface area contributed by atoms with Crippen molar-refractivity contribution in [3.05, 3.63) is 11.9 Å². The zero-order valence-corrected chi connectivity index (χ0v) is 13.4. The first kappa shape index (κ1) is 17.3. The fourth-order valence-electron chi connectivity index (χ4n) is 2.32. The highest BCUT2D eigenvalue weighted by Crippen LogP contribution is 2.06. The molecule has 0 radical (unpaired) electrons. The number of hydrogen-bond donors (Lipinski definition) is 2. The third kappa shape index (κ3) is 7.12. The van der Waals surface area contributed by atoms with E-state index in [4.69, 9.17) is 10.5 Å². The van der Waals surface area contributed by atoms with Crippen molar-refractivity contribution in [2.24, 2.45) is 5.73 Å². The molecule has 0 aliphatic carbocycles. The van der Waals surface area contributed by atoms with Gasteiger partial charge in [-0.3, -0.25) is 9.80 Å². The molecule has 5 heteroatoms. The lowest BCUT2D eigenvalue weighted by Crippen LogP contribution is -2.49. The van der Waals surface area contributed by atoms with Crippen molar-refractivity contribution in [1.29, 1.82) is 0 Å². The number of piperazine rings is 1. The van der Waals surface area contributed by atoms with E-state index in [0.29, 0.717) is 6.04 Å². The number of nitrogens with one attached hydrogen (secondary N) is 1. The van der Waals surface area contributed by atoms with Gasteiger partial charge in [-0.1, -0.05) is 6.92 Å². The lowest BCUT2D eigenvalue weighted by atomic mass is 10.2. The number of nitrogens with zero attached hydrogens (tertiary/aromatic N) is 2. The lowest BCUT2D eigenvalue weighted by Gasteiger charge is -2.36. The molecular formula is C15H32N4O. The number of hydrogen-bond acceptors (Lipinski definition) is 5. The predicted octanol–water partition coefficient (Wildman–Crippen LogP) is 0.829. The van der Waals surface area contributed by atoms with Gasteiger partial charge in [0, 0.05) is 63.8 Å². The molecule has 1 saturated heterocycles. The topological polar surface area (TPSA) is 53.8 Å². The van der Waals surface area contributed by atoms with Crippen LogP contribution in [0.1, 0.15) is 27.2 Å². The van der Waals surface area contributed by atoms with E-state index in [1.807, 2.05) is 6.20 Å². The lowest BCUT2D eigenvalue weighted by molar-refractivity contribution is 0.114. The van der Waals surface area contributed by atoms with Gasteiger partial charge in [-0.05, 0) is 20.3 Å². The summed E-state index contributed by atoms with van der Waals surface area (Å²) in [6, 6.07) is 0.648. The summed E-state index contributed by atoms with van der Waals surface area (Å²) in [7, 11) is 0. The van der Waals surface area contributed by atoms with Gasteiger partial charge < -0.3 is 15.8 Å². The molecule has 0 aromatic rings. The molecule has 5 nitrogen and oxygen atoms in total. The Balaban J connectivity index is 2.11. The van der Waals surface area contributed by atoms with E-state index in [-0.39, 0.29) is 0 Å². The van der Waals surface area contributed by atoms with E-state index in [1.165, 1.54) is 0 Å². The predicted molar refractivity (Wildman–Crippen MR) is 84.5 cm³/mol. The molecule has 1 rings (SSSR count). The monoisotopic (exact) mass is 284 g/mol. The summed E-state index contributed by atoms with van der Waals surface area (Å²) in [4.78, 5) is 4.93. The quantitative estimate of drug-likeness (QED) is 0.614. The minimum absolute atomic E-state index is 0.648. The SMILES string of the molecule is CCCOCCN/C=C(\N)CN1CCN(C(C)C)CC1. The molecule has 0 aromatic heterocycles. The number of nitrogens with two attached hydrogens (primary N) is 1. The summed E-state index contributed by atoms with van der Waals surface area (Å²) >= 11 is 0. The summed E-state index contributed by atoms with van der Waals surface area (Å²) in [5.74, 6) is 0. The van der Waals surface area contributed by atoms with Crippen LogP contribution in [0.25, 0.3) is 0 Å². The van der Waals surface area contributed by atoms with Crippen LogP contribution in [0.2, 0.25) is 0 Å². The summed E-state index contributed by atoms with van der Waals surface area (Å²) in [6.07, 6.45) is 2.99. The third-order valence-corrected chi connectivity index (χ3v) is 3.57. The van der Waals surface area contributed by atoms with Gasteiger partial charge in [0.2, 0.25) is 0 Å². The molecule has 0 amide bonds. The van der Waals surface area contributed by atoms with Crippen LogP contribution in [0.4, 0.5) is 0 Å². The highest BCUT2D eigenvalue weighted by molar-refractivity contribution is 4.98. The fourth-order valence-corrected chi connectivity index (χ4v) is 2.32. The van der Waals surface area contributed by atoms with E-state index in [2.05, 4.69) is 35.9 Å². The van der Waals surface area contributed by atoms with Gasteiger partial charge in [0.05, 0.1) is 6.61 Å². The fraction of sp³-hybridized carbons (Fsp3) is 0.867. The Labute approximate surface area is 124 Å². The molecule has 0 saturated carbocycles. The summed E-state index contributed by atoms with van der Waals surface area (Å²) in [5, 5.41) is 3.21. The Kier molecular flexibility index (Phi) is 8.65. The standard InChI is InChI=1S/C15H32N4O/c1-4-10-20-11-5-17-12-15(16)13-18-6-8-19(9-7-18)14(2)3/h12,14,17H,4-11,13,16H2,1-3H3/b15-12-. The average Bonchev–Trinajstić information content (AvgIpc) is 2.43. The molecular weight excluding hydrogens is 252 g/mol. The highest BCUT2D eigenvalue weighted by atomic mass is 16.5. The molecule has 0 atom stereocenters. The second kappa shape index (κ2) is 10.0. The average molecular weight is 284 g/mol. The molecule has 3 N–H and O–H groups in total. The molecule has 1 aliphatic heterocycles. The Hall–Kier alpha value is -0.780. The van der Waals surface area contributed by atoms with Crippen molar-refractivity contribution in [2.45, 2.75) is 33.2 Å². The van der Waals surface area contributed by atoms with E-state index >= 15 is 0 Å².